The van der Waals surface area contributed by atoms with Crippen LogP contribution in [0, 0.1) is 0 Å². The largest absolute Gasteiger partial charge is 0.508 e. The third-order valence-electron chi connectivity index (χ3n) is 3.16. The van der Waals surface area contributed by atoms with Crippen molar-refractivity contribution in [3.05, 3.63) is 36.4 Å². The highest BCUT2D eigenvalue weighted by Crippen LogP contribution is 2.33. The number of phenols is 2. The molecule has 0 fully saturated rings. The van der Waals surface area contributed by atoms with Gasteiger partial charge in [-0.15, -0.1) is 0 Å². The molecule has 0 saturated carbocycles. The fraction of sp³-hybridized carbons (Fsp3) is 0.143. The summed E-state index contributed by atoms with van der Waals surface area (Å²) in [6, 6.07) is 10.2. The molecule has 0 amide bonds. The van der Waals surface area contributed by atoms with Gasteiger partial charge >= 0.3 is 0 Å². The first-order valence-electron chi connectivity index (χ1n) is 5.75. The molecule has 1 aromatic heterocycles. The van der Waals surface area contributed by atoms with E-state index in [1.165, 1.54) is 0 Å². The Labute approximate surface area is 103 Å². The van der Waals surface area contributed by atoms with E-state index in [9.17, 15) is 10.2 Å². The summed E-state index contributed by atoms with van der Waals surface area (Å²) in [5.74, 6) is 0.378. The smallest absolute Gasteiger partial charge is 0.116 e. The number of hydrogen-bond donors (Lipinski definition) is 3. The number of fused-ring (bicyclic) bond motifs is 3. The average molecular weight is 243 g/mol. The summed E-state index contributed by atoms with van der Waals surface area (Å²) < 4.78 is 1.98. The van der Waals surface area contributed by atoms with Crippen LogP contribution < -0.4 is 0 Å². The van der Waals surface area contributed by atoms with E-state index in [1.54, 1.807) is 24.3 Å². The van der Waals surface area contributed by atoms with Crippen LogP contribution in [0.4, 0.5) is 0 Å². The lowest BCUT2D eigenvalue weighted by molar-refractivity contribution is 0.280. The average Bonchev–Trinajstić information content (AvgIpc) is 2.64. The molecular formula is C14H13NO3. The number of aromatic nitrogens is 1. The van der Waals surface area contributed by atoms with Gasteiger partial charge in [0.1, 0.15) is 11.5 Å². The van der Waals surface area contributed by atoms with Gasteiger partial charge < -0.3 is 19.9 Å². The Morgan fingerprint density at radius 3 is 1.78 bits per heavy atom. The van der Waals surface area contributed by atoms with E-state index in [2.05, 4.69) is 0 Å². The van der Waals surface area contributed by atoms with Gasteiger partial charge in [0.25, 0.3) is 0 Å². The normalized spacial score (nSPS) is 11.4. The lowest BCUT2D eigenvalue weighted by atomic mass is 10.1. The molecule has 0 aliphatic rings. The minimum Gasteiger partial charge on any atom is -0.508 e. The second-order valence-corrected chi connectivity index (χ2v) is 4.28. The fourth-order valence-corrected chi connectivity index (χ4v) is 2.42. The fourth-order valence-electron chi connectivity index (χ4n) is 2.42. The monoisotopic (exact) mass is 243 g/mol. The molecule has 3 rings (SSSR count). The van der Waals surface area contributed by atoms with Crippen molar-refractivity contribution in [2.75, 3.05) is 6.61 Å². The summed E-state index contributed by atoms with van der Waals surface area (Å²) >= 11 is 0. The van der Waals surface area contributed by atoms with Crippen molar-refractivity contribution in [2.45, 2.75) is 6.54 Å². The molecule has 92 valence electrons. The van der Waals surface area contributed by atoms with Crippen LogP contribution in [0.1, 0.15) is 0 Å². The van der Waals surface area contributed by atoms with Crippen LogP contribution in [0.3, 0.4) is 0 Å². The molecule has 0 aliphatic carbocycles. The molecule has 0 unspecified atom stereocenters. The van der Waals surface area contributed by atoms with Crippen molar-refractivity contribution in [2.24, 2.45) is 0 Å². The second kappa shape index (κ2) is 3.92. The first-order valence-corrected chi connectivity index (χ1v) is 5.75. The molecule has 4 heteroatoms. The van der Waals surface area contributed by atoms with Crippen LogP contribution in [0.2, 0.25) is 0 Å². The van der Waals surface area contributed by atoms with E-state index in [4.69, 9.17) is 5.11 Å². The van der Waals surface area contributed by atoms with E-state index < -0.39 is 0 Å². The molecule has 2 aromatic carbocycles. The van der Waals surface area contributed by atoms with Gasteiger partial charge in [-0.3, -0.25) is 0 Å². The Morgan fingerprint density at radius 1 is 0.833 bits per heavy atom. The SMILES string of the molecule is OCCn1c2ccc(O)cc2c2cc(O)ccc21. The van der Waals surface area contributed by atoms with Crippen LogP contribution in [-0.4, -0.2) is 26.5 Å². The highest BCUT2D eigenvalue weighted by Gasteiger charge is 2.11. The number of hydrogen-bond acceptors (Lipinski definition) is 3. The van der Waals surface area contributed by atoms with Crippen LogP contribution in [-0.2, 0) is 6.54 Å². The Balaban J connectivity index is 2.48. The quantitative estimate of drug-likeness (QED) is 0.646. The van der Waals surface area contributed by atoms with Gasteiger partial charge in [0.15, 0.2) is 0 Å². The van der Waals surface area contributed by atoms with Gasteiger partial charge in [-0.25, -0.2) is 0 Å². The van der Waals surface area contributed by atoms with Gasteiger partial charge in [0, 0.05) is 28.4 Å². The molecule has 1 heterocycles. The molecule has 18 heavy (non-hydrogen) atoms. The Hall–Kier alpha value is -2.20. The summed E-state index contributed by atoms with van der Waals surface area (Å²) in [6.45, 7) is 0.524. The summed E-state index contributed by atoms with van der Waals surface area (Å²) in [5.41, 5.74) is 1.87. The second-order valence-electron chi connectivity index (χ2n) is 4.28. The van der Waals surface area contributed by atoms with Crippen LogP contribution in [0.5, 0.6) is 11.5 Å². The van der Waals surface area contributed by atoms with E-state index >= 15 is 0 Å². The number of aliphatic hydroxyl groups excluding tert-OH is 1. The number of aromatic hydroxyl groups is 2. The number of aliphatic hydroxyl groups is 1. The maximum Gasteiger partial charge on any atom is 0.116 e. The van der Waals surface area contributed by atoms with E-state index in [0.29, 0.717) is 6.54 Å². The first-order chi connectivity index (χ1) is 8.70. The van der Waals surface area contributed by atoms with Crippen LogP contribution in [0.15, 0.2) is 36.4 Å². The predicted octanol–water partition coefficient (Wildman–Crippen LogP) is 2.20. The maximum absolute atomic E-state index is 9.58. The van der Waals surface area contributed by atoms with Gasteiger partial charge in [-0.05, 0) is 36.4 Å². The highest BCUT2D eigenvalue weighted by atomic mass is 16.3. The van der Waals surface area contributed by atoms with Crippen molar-refractivity contribution in [3.8, 4) is 11.5 Å². The molecule has 3 N–H and O–H groups in total. The minimum atomic E-state index is 0.0423. The molecule has 0 bridgehead atoms. The number of rotatable bonds is 2. The van der Waals surface area contributed by atoms with E-state index in [-0.39, 0.29) is 18.1 Å². The molecule has 4 nitrogen and oxygen atoms in total. The lowest BCUT2D eigenvalue weighted by Gasteiger charge is -2.04. The van der Waals surface area contributed by atoms with Crippen molar-refractivity contribution in [3.63, 3.8) is 0 Å². The number of benzene rings is 2. The Kier molecular flexibility index (Phi) is 2.38. The van der Waals surface area contributed by atoms with Crippen molar-refractivity contribution in [1.29, 1.82) is 0 Å². The minimum absolute atomic E-state index is 0.0423. The molecule has 0 saturated heterocycles. The summed E-state index contributed by atoms with van der Waals surface area (Å²) in [5, 5.41) is 30.0. The summed E-state index contributed by atoms with van der Waals surface area (Å²) in [6.07, 6.45) is 0. The topological polar surface area (TPSA) is 65.6 Å². The molecule has 0 radical (unpaired) electrons. The lowest BCUT2D eigenvalue weighted by Crippen LogP contribution is -2.00. The van der Waals surface area contributed by atoms with Gasteiger partial charge in [0.05, 0.1) is 6.61 Å². The Morgan fingerprint density at radius 2 is 1.33 bits per heavy atom. The highest BCUT2D eigenvalue weighted by molar-refractivity contribution is 6.09. The van der Waals surface area contributed by atoms with Crippen molar-refractivity contribution in [1.82, 2.24) is 4.57 Å². The van der Waals surface area contributed by atoms with Gasteiger partial charge in [-0.1, -0.05) is 0 Å². The molecular weight excluding hydrogens is 230 g/mol. The number of nitrogens with zero attached hydrogens (tertiary/aromatic N) is 1. The third-order valence-corrected chi connectivity index (χ3v) is 3.16. The zero-order valence-electron chi connectivity index (χ0n) is 9.67. The van der Waals surface area contributed by atoms with E-state index in [0.717, 1.165) is 21.8 Å². The Bertz CT molecular complexity index is 671. The summed E-state index contributed by atoms with van der Waals surface area (Å²) in [7, 11) is 0. The third kappa shape index (κ3) is 1.50. The van der Waals surface area contributed by atoms with Gasteiger partial charge in [0.2, 0.25) is 0 Å². The van der Waals surface area contributed by atoms with Gasteiger partial charge in [-0.2, -0.15) is 0 Å². The van der Waals surface area contributed by atoms with Crippen LogP contribution >= 0.6 is 0 Å². The van der Waals surface area contributed by atoms with Crippen molar-refractivity contribution >= 4 is 21.8 Å². The van der Waals surface area contributed by atoms with Crippen molar-refractivity contribution < 1.29 is 15.3 Å². The number of phenolic OH excluding ortho intramolecular Hbond substituents is 2. The molecule has 0 spiro atoms. The molecule has 0 aliphatic heterocycles. The predicted molar refractivity (Wildman–Crippen MR) is 69.9 cm³/mol. The molecule has 3 aromatic rings. The first kappa shape index (κ1) is 10.9. The summed E-state index contributed by atoms with van der Waals surface area (Å²) in [4.78, 5) is 0. The zero-order valence-corrected chi connectivity index (χ0v) is 9.67. The standard InChI is InChI=1S/C14H13NO3/c16-6-5-15-13-3-1-9(17)7-11(13)12-8-10(18)2-4-14(12)15/h1-4,7-8,16-18H,5-6H2. The zero-order chi connectivity index (χ0) is 12.7. The molecule has 0 atom stereocenters. The van der Waals surface area contributed by atoms with E-state index in [1.807, 2.05) is 16.7 Å². The maximum atomic E-state index is 9.58. The van der Waals surface area contributed by atoms with Crippen LogP contribution in [0.25, 0.3) is 21.8 Å².